The van der Waals surface area contributed by atoms with Gasteiger partial charge in [0.05, 0.1) is 6.10 Å². The van der Waals surface area contributed by atoms with Crippen molar-refractivity contribution in [3.63, 3.8) is 0 Å². The fourth-order valence-corrected chi connectivity index (χ4v) is 6.12. The molecule has 0 aliphatic carbocycles. The number of hydrogen-bond donors (Lipinski definition) is 1. The number of piperidine rings is 1. The van der Waals surface area contributed by atoms with E-state index in [2.05, 4.69) is 47.4 Å². The summed E-state index contributed by atoms with van der Waals surface area (Å²) in [5.41, 5.74) is 3.00. The van der Waals surface area contributed by atoms with E-state index in [9.17, 15) is 9.90 Å². The molecule has 2 unspecified atom stereocenters. The second-order valence-corrected chi connectivity index (χ2v) is 10.3. The van der Waals surface area contributed by atoms with Crippen molar-refractivity contribution in [2.24, 2.45) is 0 Å². The maximum atomic E-state index is 13.2. The summed E-state index contributed by atoms with van der Waals surface area (Å²) >= 11 is 0. The van der Waals surface area contributed by atoms with Gasteiger partial charge in [-0.1, -0.05) is 48.9 Å². The fourth-order valence-electron chi connectivity index (χ4n) is 6.12. The van der Waals surface area contributed by atoms with Crippen LogP contribution >= 0.6 is 12.4 Å². The largest absolute Gasteiger partial charge is 0.454 e. The van der Waals surface area contributed by atoms with E-state index in [0.717, 1.165) is 55.8 Å². The lowest BCUT2D eigenvalue weighted by Crippen LogP contribution is -2.46. The summed E-state index contributed by atoms with van der Waals surface area (Å²) in [6, 6.07) is 18.9. The first-order chi connectivity index (χ1) is 17.7. The third-order valence-electron chi connectivity index (χ3n) is 8.03. The van der Waals surface area contributed by atoms with Crippen LogP contribution in [0, 0.1) is 0 Å². The molecule has 1 fully saturated rings. The van der Waals surface area contributed by atoms with E-state index in [1.165, 1.54) is 29.2 Å². The number of rotatable bonds is 7. The molecule has 3 heterocycles. The monoisotopic (exact) mass is 522 g/mol. The van der Waals surface area contributed by atoms with Gasteiger partial charge in [0.1, 0.15) is 0 Å². The number of benzene rings is 3. The van der Waals surface area contributed by atoms with Crippen LogP contribution in [0.3, 0.4) is 0 Å². The second-order valence-electron chi connectivity index (χ2n) is 10.3. The maximum Gasteiger partial charge on any atom is 0.254 e. The smallest absolute Gasteiger partial charge is 0.254 e. The van der Waals surface area contributed by atoms with Crippen molar-refractivity contribution in [3.8, 4) is 11.5 Å². The molecular formula is C30H35ClN2O4. The normalized spacial score (nSPS) is 20.0. The molecule has 3 aliphatic rings. The number of carbonyl (C=O) groups is 1. The number of amides is 1. The molecule has 196 valence electrons. The predicted molar refractivity (Wildman–Crippen MR) is 147 cm³/mol. The molecule has 3 aliphatic heterocycles. The molecule has 0 radical (unpaired) electrons. The van der Waals surface area contributed by atoms with Crippen molar-refractivity contribution in [2.75, 3.05) is 33.0 Å². The maximum absolute atomic E-state index is 13.2. The van der Waals surface area contributed by atoms with Crippen LogP contribution in [0.25, 0.3) is 10.8 Å². The molecule has 0 aromatic heterocycles. The van der Waals surface area contributed by atoms with Gasteiger partial charge in [-0.05, 0) is 66.3 Å². The average Bonchev–Trinajstić information content (AvgIpc) is 3.36. The number of fused-ring (bicyclic) bond motifs is 3. The minimum atomic E-state index is -0.413. The van der Waals surface area contributed by atoms with Gasteiger partial charge in [-0.3, -0.25) is 9.69 Å². The first-order valence-electron chi connectivity index (χ1n) is 13.3. The average molecular weight is 523 g/mol. The number of ether oxygens (including phenoxy) is 2. The van der Waals surface area contributed by atoms with Crippen LogP contribution in [-0.2, 0) is 12.8 Å². The standard InChI is InChI=1S/C30H34N2O4.ClH/c33-25(16-22-8-5-7-21-6-1-2-10-26(21)22)19-32-13-4-3-9-24(32)12-15-31-14-11-23-17-28-29(36-20-35-28)18-27(23)30(31)34;/h1-2,5-8,10,17-18,24-25,33H,3-4,9,11-16,19-20H2;1H. The van der Waals surface area contributed by atoms with E-state index in [-0.39, 0.29) is 25.1 Å². The van der Waals surface area contributed by atoms with E-state index in [1.54, 1.807) is 0 Å². The number of aliphatic hydroxyl groups excluding tert-OH is 1. The summed E-state index contributed by atoms with van der Waals surface area (Å²) in [5, 5.41) is 13.5. The number of aliphatic hydroxyl groups is 1. The lowest BCUT2D eigenvalue weighted by Gasteiger charge is -2.38. The third-order valence-corrected chi connectivity index (χ3v) is 8.03. The van der Waals surface area contributed by atoms with Gasteiger partial charge in [0.2, 0.25) is 6.79 Å². The number of likely N-dealkylation sites (tertiary alicyclic amines) is 1. The Balaban J connectivity index is 0.00000280. The lowest BCUT2D eigenvalue weighted by atomic mass is 9.95. The fraction of sp³-hybridized carbons (Fsp3) is 0.433. The molecule has 7 heteroatoms. The van der Waals surface area contributed by atoms with Gasteiger partial charge in [0, 0.05) is 37.7 Å². The number of halogens is 1. The van der Waals surface area contributed by atoms with Crippen molar-refractivity contribution in [1.29, 1.82) is 0 Å². The second kappa shape index (κ2) is 11.3. The Hall–Kier alpha value is -2.80. The molecule has 3 aromatic rings. The van der Waals surface area contributed by atoms with Crippen LogP contribution in [0.5, 0.6) is 11.5 Å². The summed E-state index contributed by atoms with van der Waals surface area (Å²) in [7, 11) is 0. The van der Waals surface area contributed by atoms with Gasteiger partial charge < -0.3 is 19.5 Å². The van der Waals surface area contributed by atoms with Crippen LogP contribution in [0.1, 0.15) is 47.2 Å². The van der Waals surface area contributed by atoms with Crippen LogP contribution in [0.15, 0.2) is 54.6 Å². The summed E-state index contributed by atoms with van der Waals surface area (Å²) in [6.45, 7) is 3.39. The Morgan fingerprint density at radius 1 is 1.00 bits per heavy atom. The Labute approximate surface area is 224 Å². The quantitative estimate of drug-likeness (QED) is 0.481. The zero-order valence-corrected chi connectivity index (χ0v) is 21.9. The molecule has 37 heavy (non-hydrogen) atoms. The van der Waals surface area contributed by atoms with E-state index < -0.39 is 6.10 Å². The number of nitrogens with zero attached hydrogens (tertiary/aromatic N) is 2. The van der Waals surface area contributed by atoms with E-state index >= 15 is 0 Å². The topological polar surface area (TPSA) is 62.2 Å². The van der Waals surface area contributed by atoms with Gasteiger partial charge in [-0.25, -0.2) is 0 Å². The first-order valence-corrected chi connectivity index (χ1v) is 13.3. The number of carbonyl (C=O) groups excluding carboxylic acids is 1. The van der Waals surface area contributed by atoms with Crippen molar-refractivity contribution in [2.45, 2.75) is 50.7 Å². The summed E-state index contributed by atoms with van der Waals surface area (Å²) in [4.78, 5) is 17.7. The Morgan fingerprint density at radius 2 is 1.81 bits per heavy atom. The van der Waals surface area contributed by atoms with E-state index in [4.69, 9.17) is 9.47 Å². The van der Waals surface area contributed by atoms with Crippen molar-refractivity contribution in [1.82, 2.24) is 9.80 Å². The Kier molecular flexibility index (Phi) is 7.89. The predicted octanol–water partition coefficient (Wildman–Crippen LogP) is 4.84. The molecule has 1 amide bonds. The Morgan fingerprint density at radius 3 is 2.70 bits per heavy atom. The van der Waals surface area contributed by atoms with Gasteiger partial charge in [-0.2, -0.15) is 0 Å². The molecule has 0 spiro atoms. The minimum Gasteiger partial charge on any atom is -0.454 e. The van der Waals surface area contributed by atoms with E-state index in [0.29, 0.717) is 24.8 Å². The molecule has 0 bridgehead atoms. The highest BCUT2D eigenvalue weighted by Gasteiger charge is 2.30. The van der Waals surface area contributed by atoms with Crippen LogP contribution in [0.4, 0.5) is 0 Å². The highest BCUT2D eigenvalue weighted by Crippen LogP contribution is 2.37. The van der Waals surface area contributed by atoms with Crippen LogP contribution in [-0.4, -0.2) is 65.9 Å². The molecule has 6 rings (SSSR count). The molecule has 1 N–H and O–H groups in total. The molecule has 1 saturated heterocycles. The summed E-state index contributed by atoms with van der Waals surface area (Å²) in [6.07, 6.45) is 5.52. The number of β-amino-alcohol motifs (C(OH)–C–C–N with tert-alkyl or cyclic N) is 1. The van der Waals surface area contributed by atoms with Crippen LogP contribution in [0.2, 0.25) is 0 Å². The summed E-state index contributed by atoms with van der Waals surface area (Å²) in [5.74, 6) is 1.50. The third kappa shape index (κ3) is 5.42. The lowest BCUT2D eigenvalue weighted by molar-refractivity contribution is 0.0544. The van der Waals surface area contributed by atoms with Crippen molar-refractivity contribution >= 4 is 29.1 Å². The van der Waals surface area contributed by atoms with Gasteiger partial charge in [0.25, 0.3) is 5.91 Å². The van der Waals surface area contributed by atoms with Gasteiger partial charge in [0.15, 0.2) is 11.5 Å². The van der Waals surface area contributed by atoms with Gasteiger partial charge in [-0.15, -0.1) is 12.4 Å². The zero-order chi connectivity index (χ0) is 24.5. The van der Waals surface area contributed by atoms with Crippen LogP contribution < -0.4 is 9.47 Å². The molecular weight excluding hydrogens is 488 g/mol. The van der Waals surface area contributed by atoms with E-state index in [1.807, 2.05) is 17.0 Å². The molecule has 0 saturated carbocycles. The molecule has 6 nitrogen and oxygen atoms in total. The van der Waals surface area contributed by atoms with Gasteiger partial charge >= 0.3 is 0 Å². The number of hydrogen-bond acceptors (Lipinski definition) is 5. The minimum absolute atomic E-state index is 0. The highest BCUT2D eigenvalue weighted by atomic mass is 35.5. The van der Waals surface area contributed by atoms with Crippen molar-refractivity contribution < 1.29 is 19.4 Å². The Bertz CT molecular complexity index is 1260. The molecule has 3 aromatic carbocycles. The first kappa shape index (κ1) is 25.8. The zero-order valence-electron chi connectivity index (χ0n) is 21.1. The highest BCUT2D eigenvalue weighted by molar-refractivity contribution is 5.97. The SMILES string of the molecule is Cl.O=C1c2cc3c(cc2CCN1CCC1CCCCN1CC(O)Cc1cccc2ccccc12)OCO3. The summed E-state index contributed by atoms with van der Waals surface area (Å²) < 4.78 is 11.0. The molecule has 2 atom stereocenters. The van der Waals surface area contributed by atoms with Crippen molar-refractivity contribution in [3.05, 3.63) is 71.3 Å².